The van der Waals surface area contributed by atoms with Gasteiger partial charge in [-0.25, -0.2) is 8.42 Å². The van der Waals surface area contributed by atoms with E-state index in [2.05, 4.69) is 5.32 Å². The van der Waals surface area contributed by atoms with Gasteiger partial charge in [0.05, 0.1) is 25.0 Å². The third-order valence-electron chi connectivity index (χ3n) is 1.65. The maximum absolute atomic E-state index is 11.2. The number of sulfone groups is 1. The van der Waals surface area contributed by atoms with Crippen molar-refractivity contribution in [1.29, 1.82) is 0 Å². The molecule has 0 saturated heterocycles. The monoisotopic (exact) mass is 239 g/mol. The summed E-state index contributed by atoms with van der Waals surface area (Å²) in [6, 6.07) is -0.484. The molecule has 0 aliphatic carbocycles. The Morgan fingerprint density at radius 3 is 2.53 bits per heavy atom. The molecule has 0 aliphatic rings. The smallest absolute Gasteiger partial charge is 0.221 e. The number of hydrogen-bond donors (Lipinski definition) is 2. The van der Waals surface area contributed by atoms with Gasteiger partial charge in [0.25, 0.3) is 0 Å². The topological polar surface area (TPSA) is 92.7 Å². The van der Waals surface area contributed by atoms with E-state index >= 15 is 0 Å². The van der Waals surface area contributed by atoms with Crippen LogP contribution in [-0.4, -0.2) is 57.8 Å². The summed E-state index contributed by atoms with van der Waals surface area (Å²) in [6.45, 7) is -0.0421. The molecular weight excluding hydrogens is 222 g/mol. The number of aliphatic hydroxyl groups excluding tert-OH is 1. The summed E-state index contributed by atoms with van der Waals surface area (Å²) < 4.78 is 26.3. The van der Waals surface area contributed by atoms with Gasteiger partial charge in [-0.1, -0.05) is 0 Å². The molecule has 0 spiro atoms. The van der Waals surface area contributed by atoms with Crippen LogP contribution in [0.25, 0.3) is 0 Å². The summed E-state index contributed by atoms with van der Waals surface area (Å²) in [5.74, 6) is -0.597. The Balaban J connectivity index is 3.91. The Bertz CT molecular complexity index is 287. The zero-order chi connectivity index (χ0) is 11.9. The van der Waals surface area contributed by atoms with Crippen molar-refractivity contribution in [3.05, 3.63) is 0 Å². The largest absolute Gasteiger partial charge is 0.394 e. The third kappa shape index (κ3) is 8.34. The molecule has 1 amide bonds. The van der Waals surface area contributed by atoms with Gasteiger partial charge in [-0.2, -0.15) is 0 Å². The highest BCUT2D eigenvalue weighted by molar-refractivity contribution is 7.90. The first-order valence-electron chi connectivity index (χ1n) is 4.46. The van der Waals surface area contributed by atoms with Gasteiger partial charge in [0.15, 0.2) is 0 Å². The highest BCUT2D eigenvalue weighted by Crippen LogP contribution is 1.91. The van der Waals surface area contributed by atoms with Crippen molar-refractivity contribution in [3.8, 4) is 0 Å². The predicted octanol–water partition coefficient (Wildman–Crippen LogP) is -1.46. The van der Waals surface area contributed by atoms with E-state index in [4.69, 9.17) is 9.84 Å². The van der Waals surface area contributed by atoms with Gasteiger partial charge in [-0.3, -0.25) is 4.79 Å². The van der Waals surface area contributed by atoms with Crippen molar-refractivity contribution in [3.63, 3.8) is 0 Å². The first-order chi connectivity index (χ1) is 6.89. The first-order valence-corrected chi connectivity index (χ1v) is 6.52. The number of ether oxygens (including phenoxy) is 1. The second-order valence-corrected chi connectivity index (χ2v) is 5.54. The van der Waals surface area contributed by atoms with E-state index in [1.165, 1.54) is 7.11 Å². The molecule has 0 radical (unpaired) electrons. The number of carbonyl (C=O) groups excluding carboxylic acids is 1. The van der Waals surface area contributed by atoms with Gasteiger partial charge in [0.1, 0.15) is 9.84 Å². The van der Waals surface area contributed by atoms with E-state index in [-0.39, 0.29) is 25.4 Å². The van der Waals surface area contributed by atoms with Gasteiger partial charge >= 0.3 is 0 Å². The van der Waals surface area contributed by atoms with Crippen LogP contribution in [0.2, 0.25) is 0 Å². The summed E-state index contributed by atoms with van der Waals surface area (Å²) in [5, 5.41) is 11.3. The van der Waals surface area contributed by atoms with E-state index in [0.717, 1.165) is 6.26 Å². The minimum absolute atomic E-state index is 0.0982. The molecule has 2 N–H and O–H groups in total. The molecule has 7 heteroatoms. The van der Waals surface area contributed by atoms with Gasteiger partial charge in [0, 0.05) is 19.8 Å². The predicted molar refractivity (Wildman–Crippen MR) is 55.2 cm³/mol. The molecule has 0 rings (SSSR count). The average molecular weight is 239 g/mol. The standard InChI is InChI=1S/C8H17NO5S/c1-14-6-7(5-10)9-8(11)3-4-15(2,12)13/h7,10H,3-6H2,1-2H3,(H,9,11). The van der Waals surface area contributed by atoms with Crippen molar-refractivity contribution < 1.29 is 23.1 Å². The second-order valence-electron chi connectivity index (χ2n) is 3.28. The highest BCUT2D eigenvalue weighted by atomic mass is 32.2. The first kappa shape index (κ1) is 14.3. The van der Waals surface area contributed by atoms with Crippen LogP contribution in [0.5, 0.6) is 0 Å². The van der Waals surface area contributed by atoms with Crippen LogP contribution in [0.4, 0.5) is 0 Å². The third-order valence-corrected chi connectivity index (χ3v) is 2.60. The van der Waals surface area contributed by atoms with E-state index in [0.29, 0.717) is 0 Å². The summed E-state index contributed by atoms with van der Waals surface area (Å²) in [6.07, 6.45) is 0.970. The molecule has 0 heterocycles. The lowest BCUT2D eigenvalue weighted by Gasteiger charge is -2.14. The van der Waals surface area contributed by atoms with Crippen LogP contribution in [0.3, 0.4) is 0 Å². The van der Waals surface area contributed by atoms with E-state index in [1.807, 2.05) is 0 Å². The molecule has 15 heavy (non-hydrogen) atoms. The van der Waals surface area contributed by atoms with Crippen molar-refractivity contribution in [2.24, 2.45) is 0 Å². The number of amides is 1. The van der Waals surface area contributed by atoms with Crippen LogP contribution >= 0.6 is 0 Å². The minimum Gasteiger partial charge on any atom is -0.394 e. The Kier molecular flexibility index (Phi) is 6.46. The normalized spacial score (nSPS) is 13.5. The van der Waals surface area contributed by atoms with Gasteiger partial charge in [0.2, 0.25) is 5.91 Å². The maximum Gasteiger partial charge on any atom is 0.221 e. The van der Waals surface area contributed by atoms with Crippen molar-refractivity contribution in [1.82, 2.24) is 5.32 Å². The summed E-state index contributed by atoms with van der Waals surface area (Å²) in [4.78, 5) is 11.2. The average Bonchev–Trinajstić information content (AvgIpc) is 2.13. The molecular formula is C8H17NO5S. The lowest BCUT2D eigenvalue weighted by atomic mass is 10.3. The second kappa shape index (κ2) is 6.76. The zero-order valence-corrected chi connectivity index (χ0v) is 9.71. The summed E-state index contributed by atoms with van der Waals surface area (Å²) in [7, 11) is -1.68. The lowest BCUT2D eigenvalue weighted by Crippen LogP contribution is -2.41. The molecule has 0 aromatic carbocycles. The van der Waals surface area contributed by atoms with E-state index in [9.17, 15) is 13.2 Å². The van der Waals surface area contributed by atoms with Gasteiger partial charge < -0.3 is 15.2 Å². The van der Waals surface area contributed by atoms with Crippen LogP contribution in [-0.2, 0) is 19.4 Å². The van der Waals surface area contributed by atoms with Crippen LogP contribution in [0.15, 0.2) is 0 Å². The Labute approximate surface area is 89.5 Å². The molecule has 0 aromatic heterocycles. The van der Waals surface area contributed by atoms with E-state index in [1.54, 1.807) is 0 Å². The minimum atomic E-state index is -3.13. The quantitative estimate of drug-likeness (QED) is 0.566. The molecule has 0 bridgehead atoms. The SMILES string of the molecule is COCC(CO)NC(=O)CCS(C)(=O)=O. The molecule has 0 aliphatic heterocycles. The highest BCUT2D eigenvalue weighted by Gasteiger charge is 2.12. The van der Waals surface area contributed by atoms with Gasteiger partial charge in [-0.15, -0.1) is 0 Å². The van der Waals surface area contributed by atoms with Gasteiger partial charge in [-0.05, 0) is 0 Å². The molecule has 0 fully saturated rings. The molecule has 90 valence electrons. The molecule has 1 atom stereocenters. The number of carbonyl (C=O) groups is 1. The van der Waals surface area contributed by atoms with E-state index < -0.39 is 21.8 Å². The maximum atomic E-state index is 11.2. The number of rotatable bonds is 7. The van der Waals surface area contributed by atoms with Crippen LogP contribution in [0.1, 0.15) is 6.42 Å². The molecule has 0 aromatic rings. The zero-order valence-electron chi connectivity index (χ0n) is 8.89. The Morgan fingerprint density at radius 2 is 2.13 bits per heavy atom. The lowest BCUT2D eigenvalue weighted by molar-refractivity contribution is -0.122. The fourth-order valence-electron chi connectivity index (χ4n) is 0.919. The fraction of sp³-hybridized carbons (Fsp3) is 0.875. The molecule has 0 saturated carbocycles. The van der Waals surface area contributed by atoms with Crippen LogP contribution in [0, 0.1) is 0 Å². The van der Waals surface area contributed by atoms with Crippen molar-refractivity contribution >= 4 is 15.7 Å². The van der Waals surface area contributed by atoms with Crippen LogP contribution < -0.4 is 5.32 Å². The number of methoxy groups -OCH3 is 1. The Morgan fingerprint density at radius 1 is 1.53 bits per heavy atom. The summed E-state index contributed by atoms with van der Waals surface area (Å²) in [5.41, 5.74) is 0. The summed E-state index contributed by atoms with van der Waals surface area (Å²) >= 11 is 0. The number of hydrogen-bond acceptors (Lipinski definition) is 5. The Hall–Kier alpha value is -0.660. The molecule has 6 nitrogen and oxygen atoms in total. The fourth-order valence-corrected chi connectivity index (χ4v) is 1.48. The van der Waals surface area contributed by atoms with Crippen molar-refractivity contribution in [2.75, 3.05) is 32.3 Å². The van der Waals surface area contributed by atoms with Crippen molar-refractivity contribution in [2.45, 2.75) is 12.5 Å². The number of nitrogens with one attached hydrogen (secondary N) is 1. The number of aliphatic hydroxyl groups is 1. The molecule has 1 unspecified atom stereocenters.